The van der Waals surface area contributed by atoms with Gasteiger partial charge in [0.05, 0.1) is 25.5 Å². The van der Waals surface area contributed by atoms with Gasteiger partial charge in [0.1, 0.15) is 11.6 Å². The molecule has 0 aliphatic carbocycles. The molecular weight excluding hydrogens is 214 g/mol. The van der Waals surface area contributed by atoms with Crippen LogP contribution in [0.2, 0.25) is 0 Å². The lowest BCUT2D eigenvalue weighted by Crippen LogP contribution is -2.15. The second kappa shape index (κ2) is 3.89. The van der Waals surface area contributed by atoms with Gasteiger partial charge in [-0.1, -0.05) is 12.1 Å². The topological polar surface area (TPSA) is 53.1 Å². The molecule has 2 aromatic rings. The summed E-state index contributed by atoms with van der Waals surface area (Å²) in [4.78, 5) is 4.37. The molecule has 4 heteroatoms. The number of nitrogens with two attached hydrogens (primary N) is 1. The standard InChI is InChI=1S/C13H15N3O/c1-17-12-4-2-3-9-10(12)5-6-16-11(9)8-15-13(16)7-14/h2-4,8H,5-7,14H2,1H3. The highest BCUT2D eigenvalue weighted by atomic mass is 16.5. The van der Waals surface area contributed by atoms with E-state index in [0.29, 0.717) is 6.54 Å². The highest BCUT2D eigenvalue weighted by Crippen LogP contribution is 2.35. The molecule has 17 heavy (non-hydrogen) atoms. The Morgan fingerprint density at radius 1 is 1.47 bits per heavy atom. The van der Waals surface area contributed by atoms with E-state index in [9.17, 15) is 0 Å². The highest BCUT2D eigenvalue weighted by Gasteiger charge is 2.21. The summed E-state index contributed by atoms with van der Waals surface area (Å²) >= 11 is 0. The van der Waals surface area contributed by atoms with Crippen molar-refractivity contribution in [3.05, 3.63) is 35.8 Å². The first kappa shape index (κ1) is 10.4. The van der Waals surface area contributed by atoms with Crippen molar-refractivity contribution in [2.24, 2.45) is 5.73 Å². The first-order valence-electron chi connectivity index (χ1n) is 5.76. The Hall–Kier alpha value is -1.81. The molecule has 4 nitrogen and oxygen atoms in total. The van der Waals surface area contributed by atoms with Crippen LogP contribution in [-0.2, 0) is 19.5 Å². The Morgan fingerprint density at radius 3 is 3.12 bits per heavy atom. The Balaban J connectivity index is 2.20. The number of hydrogen-bond donors (Lipinski definition) is 1. The summed E-state index contributed by atoms with van der Waals surface area (Å²) in [6.07, 6.45) is 2.87. The van der Waals surface area contributed by atoms with Gasteiger partial charge in [0, 0.05) is 17.7 Å². The fraction of sp³-hybridized carbons (Fsp3) is 0.308. The number of imidazole rings is 1. The van der Waals surface area contributed by atoms with Crippen LogP contribution in [-0.4, -0.2) is 16.7 Å². The third-order valence-corrected chi connectivity index (χ3v) is 3.34. The molecule has 0 fully saturated rings. The summed E-state index contributed by atoms with van der Waals surface area (Å²) in [5.41, 5.74) is 9.31. The molecule has 0 bridgehead atoms. The van der Waals surface area contributed by atoms with Gasteiger partial charge in [-0.25, -0.2) is 4.98 Å². The second-order valence-electron chi connectivity index (χ2n) is 4.15. The van der Waals surface area contributed by atoms with Crippen LogP contribution >= 0.6 is 0 Å². The minimum absolute atomic E-state index is 0.485. The number of rotatable bonds is 2. The maximum Gasteiger partial charge on any atom is 0.122 e. The normalized spacial score (nSPS) is 13.1. The van der Waals surface area contributed by atoms with E-state index in [1.54, 1.807) is 7.11 Å². The smallest absolute Gasteiger partial charge is 0.122 e. The molecule has 0 radical (unpaired) electrons. The Bertz CT molecular complexity index is 560. The highest BCUT2D eigenvalue weighted by molar-refractivity contribution is 5.68. The van der Waals surface area contributed by atoms with Crippen LogP contribution in [0.1, 0.15) is 11.4 Å². The zero-order chi connectivity index (χ0) is 11.8. The third-order valence-electron chi connectivity index (χ3n) is 3.34. The van der Waals surface area contributed by atoms with Crippen LogP contribution in [0, 0.1) is 0 Å². The van der Waals surface area contributed by atoms with E-state index < -0.39 is 0 Å². The van der Waals surface area contributed by atoms with Gasteiger partial charge in [-0.3, -0.25) is 0 Å². The van der Waals surface area contributed by atoms with Crippen molar-refractivity contribution in [1.82, 2.24) is 9.55 Å². The number of aromatic nitrogens is 2. The number of benzene rings is 1. The third kappa shape index (κ3) is 1.45. The van der Waals surface area contributed by atoms with Crippen molar-refractivity contribution >= 4 is 0 Å². The van der Waals surface area contributed by atoms with Crippen molar-refractivity contribution < 1.29 is 4.74 Å². The van der Waals surface area contributed by atoms with E-state index >= 15 is 0 Å². The Kier molecular flexibility index (Phi) is 2.37. The van der Waals surface area contributed by atoms with E-state index in [-0.39, 0.29) is 0 Å². The fourth-order valence-electron chi connectivity index (χ4n) is 2.52. The minimum atomic E-state index is 0.485. The van der Waals surface area contributed by atoms with E-state index in [4.69, 9.17) is 10.5 Å². The van der Waals surface area contributed by atoms with Gasteiger partial charge in [-0.05, 0) is 12.5 Å². The quantitative estimate of drug-likeness (QED) is 0.850. The lowest BCUT2D eigenvalue weighted by atomic mass is 9.98. The Morgan fingerprint density at radius 2 is 2.35 bits per heavy atom. The molecule has 1 aromatic heterocycles. The number of hydrogen-bond acceptors (Lipinski definition) is 3. The van der Waals surface area contributed by atoms with Gasteiger partial charge >= 0.3 is 0 Å². The summed E-state index contributed by atoms with van der Waals surface area (Å²) < 4.78 is 7.60. The molecule has 0 unspecified atom stereocenters. The molecular formula is C13H15N3O. The Labute approximate surface area is 100 Å². The zero-order valence-corrected chi connectivity index (χ0v) is 9.81. The van der Waals surface area contributed by atoms with Gasteiger partial charge < -0.3 is 15.0 Å². The van der Waals surface area contributed by atoms with Crippen LogP contribution in [0.5, 0.6) is 5.75 Å². The van der Waals surface area contributed by atoms with Gasteiger partial charge in [0.25, 0.3) is 0 Å². The molecule has 0 atom stereocenters. The second-order valence-corrected chi connectivity index (χ2v) is 4.15. The summed E-state index contributed by atoms with van der Waals surface area (Å²) in [5, 5.41) is 0. The summed E-state index contributed by atoms with van der Waals surface area (Å²) in [6.45, 7) is 1.41. The molecule has 1 aliphatic heterocycles. The molecule has 1 aromatic carbocycles. The van der Waals surface area contributed by atoms with E-state index in [1.807, 2.05) is 18.3 Å². The number of ether oxygens (including phenoxy) is 1. The van der Waals surface area contributed by atoms with Crippen LogP contribution < -0.4 is 10.5 Å². The maximum absolute atomic E-state index is 5.69. The lowest BCUT2D eigenvalue weighted by molar-refractivity contribution is 0.407. The van der Waals surface area contributed by atoms with Crippen molar-refractivity contribution in [2.45, 2.75) is 19.5 Å². The van der Waals surface area contributed by atoms with Crippen molar-refractivity contribution in [2.75, 3.05) is 7.11 Å². The largest absolute Gasteiger partial charge is 0.496 e. The summed E-state index contributed by atoms with van der Waals surface area (Å²) in [5.74, 6) is 1.91. The summed E-state index contributed by atoms with van der Waals surface area (Å²) in [7, 11) is 1.72. The van der Waals surface area contributed by atoms with Gasteiger partial charge in [0.2, 0.25) is 0 Å². The predicted octanol–water partition coefficient (Wildman–Crippen LogP) is 1.57. The number of fused-ring (bicyclic) bond motifs is 3. The van der Waals surface area contributed by atoms with E-state index in [0.717, 1.165) is 30.2 Å². The molecule has 2 N–H and O–H groups in total. The molecule has 0 amide bonds. The first-order valence-corrected chi connectivity index (χ1v) is 5.76. The SMILES string of the molecule is COc1cccc2c1CCn1c-2cnc1CN. The van der Waals surface area contributed by atoms with Crippen LogP contribution in [0.25, 0.3) is 11.3 Å². The van der Waals surface area contributed by atoms with Crippen molar-refractivity contribution in [3.8, 4) is 17.0 Å². The molecule has 88 valence electrons. The minimum Gasteiger partial charge on any atom is -0.496 e. The zero-order valence-electron chi connectivity index (χ0n) is 9.81. The molecule has 2 heterocycles. The summed E-state index contributed by atoms with van der Waals surface area (Å²) in [6, 6.07) is 6.14. The maximum atomic E-state index is 5.69. The lowest BCUT2D eigenvalue weighted by Gasteiger charge is -2.21. The monoisotopic (exact) mass is 229 g/mol. The average molecular weight is 229 g/mol. The van der Waals surface area contributed by atoms with Crippen molar-refractivity contribution in [3.63, 3.8) is 0 Å². The molecule has 0 saturated heterocycles. The van der Waals surface area contributed by atoms with Crippen molar-refractivity contribution in [1.29, 1.82) is 0 Å². The predicted molar refractivity (Wildman–Crippen MR) is 65.8 cm³/mol. The molecule has 3 rings (SSSR count). The molecule has 0 saturated carbocycles. The van der Waals surface area contributed by atoms with Gasteiger partial charge in [0.15, 0.2) is 0 Å². The van der Waals surface area contributed by atoms with Crippen LogP contribution in [0.4, 0.5) is 0 Å². The van der Waals surface area contributed by atoms with Crippen LogP contribution in [0.3, 0.4) is 0 Å². The fourth-order valence-corrected chi connectivity index (χ4v) is 2.52. The van der Waals surface area contributed by atoms with Gasteiger partial charge in [-0.15, -0.1) is 0 Å². The van der Waals surface area contributed by atoms with Gasteiger partial charge in [-0.2, -0.15) is 0 Å². The number of nitrogens with zero attached hydrogens (tertiary/aromatic N) is 2. The first-order chi connectivity index (χ1) is 8.35. The average Bonchev–Trinajstić information content (AvgIpc) is 2.81. The molecule has 1 aliphatic rings. The number of methoxy groups -OCH3 is 1. The van der Waals surface area contributed by atoms with Crippen LogP contribution in [0.15, 0.2) is 24.4 Å². The van der Waals surface area contributed by atoms with E-state index in [1.165, 1.54) is 11.1 Å². The molecule has 0 spiro atoms. The van der Waals surface area contributed by atoms with E-state index in [2.05, 4.69) is 15.6 Å².